The standard InChI is InChI=1S/C22H22N4O2S/c1-15-6-8-19(9-7-15)28-13-22-25-17(14-29-22)10-21(27)23-11-18-12-26-16(2)4-3-5-20(26)24-18/h3-9,12,14H,10-11,13H2,1-2H3,(H,23,27). The number of nitrogens with zero attached hydrogens (tertiary/aromatic N) is 3. The average molecular weight is 407 g/mol. The van der Waals surface area contributed by atoms with Gasteiger partial charge in [-0.05, 0) is 38.1 Å². The molecule has 0 unspecified atom stereocenters. The van der Waals surface area contributed by atoms with Gasteiger partial charge in [0, 0.05) is 17.3 Å². The number of pyridine rings is 1. The highest BCUT2D eigenvalue weighted by atomic mass is 32.1. The number of carbonyl (C=O) groups excluding carboxylic acids is 1. The Bertz CT molecular complexity index is 1130. The molecule has 3 aromatic heterocycles. The molecule has 0 fully saturated rings. The van der Waals surface area contributed by atoms with Gasteiger partial charge in [0.15, 0.2) is 0 Å². The maximum absolute atomic E-state index is 12.3. The number of aryl methyl sites for hydroxylation is 2. The van der Waals surface area contributed by atoms with Gasteiger partial charge in [-0.2, -0.15) is 0 Å². The van der Waals surface area contributed by atoms with Crippen molar-refractivity contribution in [2.24, 2.45) is 0 Å². The molecule has 148 valence electrons. The van der Waals surface area contributed by atoms with Crippen LogP contribution in [0.15, 0.2) is 54.0 Å². The van der Waals surface area contributed by atoms with Crippen molar-refractivity contribution < 1.29 is 9.53 Å². The third-order valence-electron chi connectivity index (χ3n) is 4.54. The molecule has 4 aromatic rings. The molecule has 7 heteroatoms. The first-order valence-corrected chi connectivity index (χ1v) is 10.3. The van der Waals surface area contributed by atoms with E-state index in [2.05, 4.69) is 15.3 Å². The second-order valence-electron chi connectivity index (χ2n) is 6.92. The van der Waals surface area contributed by atoms with Gasteiger partial charge in [0.25, 0.3) is 0 Å². The maximum atomic E-state index is 12.3. The predicted octanol–water partition coefficient (Wildman–Crippen LogP) is 3.85. The number of carbonyl (C=O) groups is 1. The predicted molar refractivity (Wildman–Crippen MR) is 113 cm³/mol. The molecule has 0 spiro atoms. The number of amides is 1. The monoisotopic (exact) mass is 406 g/mol. The van der Waals surface area contributed by atoms with Crippen LogP contribution in [0.5, 0.6) is 5.75 Å². The summed E-state index contributed by atoms with van der Waals surface area (Å²) in [5.74, 6) is 0.739. The minimum absolute atomic E-state index is 0.0740. The number of nitrogens with one attached hydrogen (secondary N) is 1. The zero-order valence-corrected chi connectivity index (χ0v) is 17.2. The first kappa shape index (κ1) is 19.1. The van der Waals surface area contributed by atoms with Gasteiger partial charge in [0.1, 0.15) is 23.0 Å². The van der Waals surface area contributed by atoms with E-state index < -0.39 is 0 Å². The second-order valence-corrected chi connectivity index (χ2v) is 7.86. The maximum Gasteiger partial charge on any atom is 0.226 e. The smallest absolute Gasteiger partial charge is 0.226 e. The van der Waals surface area contributed by atoms with E-state index in [9.17, 15) is 4.79 Å². The van der Waals surface area contributed by atoms with Crippen LogP contribution < -0.4 is 10.1 Å². The Morgan fingerprint density at radius 3 is 2.72 bits per heavy atom. The zero-order chi connectivity index (χ0) is 20.2. The van der Waals surface area contributed by atoms with Crippen molar-refractivity contribution in [1.29, 1.82) is 0 Å². The van der Waals surface area contributed by atoms with Crippen molar-refractivity contribution in [3.63, 3.8) is 0 Å². The van der Waals surface area contributed by atoms with Gasteiger partial charge in [-0.25, -0.2) is 9.97 Å². The molecule has 0 aliphatic carbocycles. The Morgan fingerprint density at radius 1 is 1.10 bits per heavy atom. The number of rotatable bonds is 7. The van der Waals surface area contributed by atoms with Crippen molar-refractivity contribution in [2.45, 2.75) is 33.4 Å². The summed E-state index contributed by atoms with van der Waals surface area (Å²) in [5.41, 5.74) is 4.76. The molecule has 0 bridgehead atoms. The lowest BCUT2D eigenvalue weighted by atomic mass is 10.2. The summed E-state index contributed by atoms with van der Waals surface area (Å²) in [4.78, 5) is 21.3. The summed E-state index contributed by atoms with van der Waals surface area (Å²) < 4.78 is 7.76. The largest absolute Gasteiger partial charge is 0.486 e. The number of imidazole rings is 1. The topological polar surface area (TPSA) is 68.5 Å². The molecule has 6 nitrogen and oxygen atoms in total. The summed E-state index contributed by atoms with van der Waals surface area (Å²) >= 11 is 1.50. The zero-order valence-electron chi connectivity index (χ0n) is 16.4. The number of aromatic nitrogens is 3. The van der Waals surface area contributed by atoms with Gasteiger partial charge >= 0.3 is 0 Å². The summed E-state index contributed by atoms with van der Waals surface area (Å²) in [5, 5.41) is 5.67. The van der Waals surface area contributed by atoms with E-state index in [4.69, 9.17) is 4.74 Å². The fourth-order valence-electron chi connectivity index (χ4n) is 2.98. The number of hydrogen-bond donors (Lipinski definition) is 1. The normalized spacial score (nSPS) is 11.0. The third-order valence-corrected chi connectivity index (χ3v) is 5.41. The van der Waals surface area contributed by atoms with Gasteiger partial charge in [-0.1, -0.05) is 23.8 Å². The van der Waals surface area contributed by atoms with Crippen molar-refractivity contribution in [3.8, 4) is 5.75 Å². The van der Waals surface area contributed by atoms with E-state index in [0.717, 1.165) is 33.5 Å². The number of benzene rings is 1. The minimum Gasteiger partial charge on any atom is -0.486 e. The Hall–Kier alpha value is -3.19. The van der Waals surface area contributed by atoms with Crippen LogP contribution in [-0.4, -0.2) is 20.3 Å². The summed E-state index contributed by atoms with van der Waals surface area (Å²) in [6, 6.07) is 13.9. The lowest BCUT2D eigenvalue weighted by molar-refractivity contribution is -0.120. The SMILES string of the molecule is Cc1ccc(OCc2nc(CC(=O)NCc3cn4c(C)cccc4n3)cs2)cc1. The van der Waals surface area contributed by atoms with Gasteiger partial charge < -0.3 is 14.5 Å². The fraction of sp³-hybridized carbons (Fsp3) is 0.227. The Labute approximate surface area is 173 Å². The van der Waals surface area contributed by atoms with E-state index in [1.165, 1.54) is 16.9 Å². The Kier molecular flexibility index (Phi) is 5.57. The second kappa shape index (κ2) is 8.45. The molecule has 0 saturated heterocycles. The molecule has 0 radical (unpaired) electrons. The molecule has 1 N–H and O–H groups in total. The van der Waals surface area contributed by atoms with Crippen molar-refractivity contribution in [3.05, 3.63) is 81.7 Å². The molecule has 4 rings (SSSR count). The third kappa shape index (κ3) is 4.81. The average Bonchev–Trinajstić information content (AvgIpc) is 3.33. The van der Waals surface area contributed by atoms with E-state index in [1.807, 2.05) is 72.3 Å². The molecular weight excluding hydrogens is 384 g/mol. The molecule has 29 heavy (non-hydrogen) atoms. The fourth-order valence-corrected chi connectivity index (χ4v) is 3.68. The molecular formula is C22H22N4O2S. The number of hydrogen-bond acceptors (Lipinski definition) is 5. The highest BCUT2D eigenvalue weighted by Gasteiger charge is 2.10. The van der Waals surface area contributed by atoms with Crippen LogP contribution in [0.4, 0.5) is 0 Å². The minimum atomic E-state index is -0.0740. The lowest BCUT2D eigenvalue weighted by Crippen LogP contribution is -2.24. The van der Waals surface area contributed by atoms with Gasteiger partial charge in [-0.3, -0.25) is 4.79 Å². The van der Waals surface area contributed by atoms with Crippen LogP contribution in [0, 0.1) is 13.8 Å². The van der Waals surface area contributed by atoms with Crippen LogP contribution in [0.25, 0.3) is 5.65 Å². The quantitative estimate of drug-likeness (QED) is 0.506. The molecule has 0 aliphatic rings. The molecule has 1 aromatic carbocycles. The molecule has 3 heterocycles. The molecule has 0 saturated carbocycles. The van der Waals surface area contributed by atoms with E-state index in [0.29, 0.717) is 13.2 Å². The van der Waals surface area contributed by atoms with Crippen LogP contribution in [-0.2, 0) is 24.4 Å². The first-order valence-electron chi connectivity index (χ1n) is 9.40. The Morgan fingerprint density at radius 2 is 1.93 bits per heavy atom. The van der Waals surface area contributed by atoms with Crippen molar-refractivity contribution in [2.75, 3.05) is 0 Å². The Balaban J connectivity index is 1.28. The van der Waals surface area contributed by atoms with E-state index in [-0.39, 0.29) is 12.3 Å². The van der Waals surface area contributed by atoms with E-state index in [1.54, 1.807) is 0 Å². The number of fused-ring (bicyclic) bond motifs is 1. The highest BCUT2D eigenvalue weighted by Crippen LogP contribution is 2.16. The van der Waals surface area contributed by atoms with E-state index >= 15 is 0 Å². The number of thiazole rings is 1. The first-order chi connectivity index (χ1) is 14.1. The lowest BCUT2D eigenvalue weighted by Gasteiger charge is -2.04. The van der Waals surface area contributed by atoms with Crippen LogP contribution in [0.3, 0.4) is 0 Å². The van der Waals surface area contributed by atoms with Crippen molar-refractivity contribution in [1.82, 2.24) is 19.7 Å². The van der Waals surface area contributed by atoms with Gasteiger partial charge in [-0.15, -0.1) is 11.3 Å². The summed E-state index contributed by atoms with van der Waals surface area (Å²) in [7, 11) is 0. The van der Waals surface area contributed by atoms with Crippen LogP contribution in [0.2, 0.25) is 0 Å². The van der Waals surface area contributed by atoms with Gasteiger partial charge in [0.2, 0.25) is 5.91 Å². The summed E-state index contributed by atoms with van der Waals surface area (Å²) in [6.45, 7) is 4.86. The molecule has 0 aliphatic heterocycles. The molecule has 1 amide bonds. The van der Waals surface area contributed by atoms with Crippen LogP contribution in [0.1, 0.15) is 27.7 Å². The number of ether oxygens (including phenoxy) is 1. The summed E-state index contributed by atoms with van der Waals surface area (Å²) in [6.07, 6.45) is 2.20. The molecule has 0 atom stereocenters. The highest BCUT2D eigenvalue weighted by molar-refractivity contribution is 7.09. The van der Waals surface area contributed by atoms with Gasteiger partial charge in [0.05, 0.1) is 24.4 Å². The van der Waals surface area contributed by atoms with Crippen molar-refractivity contribution >= 4 is 22.9 Å². The van der Waals surface area contributed by atoms with Crippen LogP contribution >= 0.6 is 11.3 Å².